The first-order valence-electron chi connectivity index (χ1n) is 7.21. The van der Waals surface area contributed by atoms with Gasteiger partial charge in [-0.05, 0) is 20.8 Å². The summed E-state index contributed by atoms with van der Waals surface area (Å²) in [5.74, 6) is 0.0533. The summed E-state index contributed by atoms with van der Waals surface area (Å²) in [7, 11) is 0. The molecule has 1 aliphatic rings. The number of nitrogens with one attached hydrogen (secondary N) is 1. The first-order chi connectivity index (χ1) is 9.51. The lowest BCUT2D eigenvalue weighted by molar-refractivity contribution is -0.116. The molecule has 0 saturated carbocycles. The number of piperazine rings is 1. The Kier molecular flexibility index (Phi) is 7.06. The van der Waals surface area contributed by atoms with Gasteiger partial charge in [0.15, 0.2) is 5.13 Å². The van der Waals surface area contributed by atoms with Crippen LogP contribution in [0.2, 0.25) is 0 Å². The highest BCUT2D eigenvalue weighted by atomic mass is 35.5. The van der Waals surface area contributed by atoms with Crippen molar-refractivity contribution in [1.29, 1.82) is 0 Å². The maximum absolute atomic E-state index is 11.5. The van der Waals surface area contributed by atoms with E-state index in [0.29, 0.717) is 18.6 Å². The molecule has 1 aliphatic heterocycles. The van der Waals surface area contributed by atoms with Gasteiger partial charge in [-0.2, -0.15) is 0 Å². The number of halogens is 1. The summed E-state index contributed by atoms with van der Waals surface area (Å²) in [5.41, 5.74) is 1.06. The van der Waals surface area contributed by atoms with E-state index in [0.717, 1.165) is 30.5 Å². The van der Waals surface area contributed by atoms with Crippen LogP contribution in [0.25, 0.3) is 0 Å². The molecule has 0 aromatic carbocycles. The Balaban J connectivity index is 0.00000220. The summed E-state index contributed by atoms with van der Waals surface area (Å²) in [6, 6.07) is 1.04. The molecule has 5 nitrogen and oxygen atoms in total. The largest absolute Gasteiger partial charge is 0.311 e. The van der Waals surface area contributed by atoms with E-state index in [4.69, 9.17) is 0 Å². The summed E-state index contributed by atoms with van der Waals surface area (Å²) < 4.78 is 0. The number of carbonyl (C=O) groups is 1. The monoisotopic (exact) mass is 332 g/mol. The van der Waals surface area contributed by atoms with Crippen LogP contribution in [0.1, 0.15) is 33.4 Å². The van der Waals surface area contributed by atoms with Crippen LogP contribution in [-0.2, 0) is 11.3 Å². The molecule has 1 N–H and O–H groups in total. The van der Waals surface area contributed by atoms with Crippen molar-refractivity contribution < 1.29 is 4.79 Å². The van der Waals surface area contributed by atoms with Crippen LogP contribution in [0.15, 0.2) is 5.38 Å². The highest BCUT2D eigenvalue weighted by Gasteiger charge is 2.23. The molecule has 1 aromatic rings. The number of anilines is 1. The molecule has 2 unspecified atom stereocenters. The van der Waals surface area contributed by atoms with Crippen molar-refractivity contribution in [1.82, 2.24) is 15.2 Å². The molecular formula is C14H25ClN4OS. The molecule has 1 aromatic heterocycles. The molecule has 2 heterocycles. The number of rotatable bonds is 4. The number of hydrogen-bond donors (Lipinski definition) is 1. The van der Waals surface area contributed by atoms with Crippen LogP contribution in [0, 0.1) is 0 Å². The molecule has 7 heteroatoms. The lowest BCUT2D eigenvalue weighted by Crippen LogP contribution is -2.53. The quantitative estimate of drug-likeness (QED) is 0.917. The van der Waals surface area contributed by atoms with Gasteiger partial charge in [-0.3, -0.25) is 14.6 Å². The SMILES string of the molecule is CCN(C(C)=O)c1nc(CN2CC(C)NCC2C)cs1.Cl. The van der Waals surface area contributed by atoms with Crippen LogP contribution in [-0.4, -0.2) is 47.5 Å². The first-order valence-corrected chi connectivity index (χ1v) is 8.09. The molecule has 1 amide bonds. The summed E-state index contributed by atoms with van der Waals surface area (Å²) in [6.07, 6.45) is 0. The molecule has 0 aliphatic carbocycles. The maximum atomic E-state index is 11.5. The van der Waals surface area contributed by atoms with Gasteiger partial charge in [-0.1, -0.05) is 0 Å². The normalized spacial score (nSPS) is 22.7. The Labute approximate surface area is 137 Å². The Morgan fingerprint density at radius 1 is 1.57 bits per heavy atom. The maximum Gasteiger partial charge on any atom is 0.225 e. The van der Waals surface area contributed by atoms with Crippen LogP contribution in [0.4, 0.5) is 5.13 Å². The van der Waals surface area contributed by atoms with E-state index in [2.05, 4.69) is 34.4 Å². The van der Waals surface area contributed by atoms with Crippen LogP contribution in [0.5, 0.6) is 0 Å². The lowest BCUT2D eigenvalue weighted by Gasteiger charge is -2.37. The second kappa shape index (κ2) is 8.08. The van der Waals surface area contributed by atoms with Gasteiger partial charge in [-0.25, -0.2) is 4.98 Å². The van der Waals surface area contributed by atoms with Gasteiger partial charge in [-0.15, -0.1) is 23.7 Å². The lowest BCUT2D eigenvalue weighted by atomic mass is 10.1. The summed E-state index contributed by atoms with van der Waals surface area (Å²) >= 11 is 1.55. The third-order valence-electron chi connectivity index (χ3n) is 3.73. The van der Waals surface area contributed by atoms with Crippen molar-refractivity contribution in [2.75, 3.05) is 24.5 Å². The van der Waals surface area contributed by atoms with Crippen molar-refractivity contribution in [3.8, 4) is 0 Å². The minimum absolute atomic E-state index is 0. The van der Waals surface area contributed by atoms with Gasteiger partial charge in [0, 0.05) is 50.6 Å². The predicted molar refractivity (Wildman–Crippen MR) is 90.4 cm³/mol. The number of aromatic nitrogens is 1. The standard InChI is InChI=1S/C14H24N4OS.ClH/c1-5-18(12(4)19)14-16-13(9-20-14)8-17-7-10(2)15-6-11(17)3;/h9-11,15H,5-8H2,1-4H3;1H. The van der Waals surface area contributed by atoms with E-state index in [-0.39, 0.29) is 18.3 Å². The zero-order valence-electron chi connectivity index (χ0n) is 13.1. The van der Waals surface area contributed by atoms with Gasteiger partial charge in [0.2, 0.25) is 5.91 Å². The fourth-order valence-corrected chi connectivity index (χ4v) is 3.43. The number of nitrogens with zero attached hydrogens (tertiary/aromatic N) is 3. The van der Waals surface area contributed by atoms with Crippen molar-refractivity contribution in [2.24, 2.45) is 0 Å². The minimum atomic E-state index is 0. The third-order valence-corrected chi connectivity index (χ3v) is 4.64. The van der Waals surface area contributed by atoms with E-state index in [1.165, 1.54) is 0 Å². The smallest absolute Gasteiger partial charge is 0.225 e. The van der Waals surface area contributed by atoms with E-state index < -0.39 is 0 Å². The Morgan fingerprint density at radius 2 is 2.29 bits per heavy atom. The molecule has 1 fully saturated rings. The topological polar surface area (TPSA) is 48.5 Å². The van der Waals surface area contributed by atoms with E-state index in [1.807, 2.05) is 6.92 Å². The van der Waals surface area contributed by atoms with E-state index in [9.17, 15) is 4.79 Å². The van der Waals surface area contributed by atoms with Gasteiger partial charge in [0.25, 0.3) is 0 Å². The summed E-state index contributed by atoms with van der Waals surface area (Å²) in [5, 5.41) is 6.36. The number of carbonyl (C=O) groups excluding carboxylic acids is 1. The third kappa shape index (κ3) is 4.64. The van der Waals surface area contributed by atoms with E-state index in [1.54, 1.807) is 23.2 Å². The van der Waals surface area contributed by atoms with Gasteiger partial charge in [0.1, 0.15) is 0 Å². The zero-order chi connectivity index (χ0) is 14.7. The van der Waals surface area contributed by atoms with Gasteiger partial charge in [0.05, 0.1) is 5.69 Å². The molecule has 1 saturated heterocycles. The van der Waals surface area contributed by atoms with Crippen molar-refractivity contribution in [3.63, 3.8) is 0 Å². The molecule has 0 radical (unpaired) electrons. The number of thiazole rings is 1. The summed E-state index contributed by atoms with van der Waals surface area (Å²) in [6.45, 7) is 11.6. The predicted octanol–water partition coefficient (Wildman–Crippen LogP) is 2.12. The van der Waals surface area contributed by atoms with Crippen LogP contribution in [0.3, 0.4) is 0 Å². The molecule has 21 heavy (non-hydrogen) atoms. The second-order valence-corrected chi connectivity index (χ2v) is 6.31. The van der Waals surface area contributed by atoms with Crippen molar-refractivity contribution in [3.05, 3.63) is 11.1 Å². The van der Waals surface area contributed by atoms with Gasteiger partial charge < -0.3 is 5.32 Å². The molecule has 120 valence electrons. The fraction of sp³-hybridized carbons (Fsp3) is 0.714. The summed E-state index contributed by atoms with van der Waals surface area (Å²) in [4.78, 5) is 20.3. The highest BCUT2D eigenvalue weighted by Crippen LogP contribution is 2.22. The van der Waals surface area contributed by atoms with Crippen LogP contribution < -0.4 is 10.2 Å². The van der Waals surface area contributed by atoms with Crippen molar-refractivity contribution in [2.45, 2.75) is 46.3 Å². The molecule has 0 bridgehead atoms. The number of amides is 1. The van der Waals surface area contributed by atoms with Crippen LogP contribution >= 0.6 is 23.7 Å². The average Bonchev–Trinajstić information content (AvgIpc) is 2.82. The second-order valence-electron chi connectivity index (χ2n) is 5.47. The minimum Gasteiger partial charge on any atom is -0.311 e. The average molecular weight is 333 g/mol. The Morgan fingerprint density at radius 3 is 2.90 bits per heavy atom. The van der Waals surface area contributed by atoms with Gasteiger partial charge >= 0.3 is 0 Å². The highest BCUT2D eigenvalue weighted by molar-refractivity contribution is 7.14. The molecular weight excluding hydrogens is 308 g/mol. The molecule has 2 atom stereocenters. The first kappa shape index (κ1) is 18.4. The van der Waals surface area contributed by atoms with E-state index >= 15 is 0 Å². The Hall–Kier alpha value is -0.690. The van der Waals surface area contributed by atoms with Crippen molar-refractivity contribution >= 4 is 34.8 Å². The zero-order valence-corrected chi connectivity index (χ0v) is 14.8. The fourth-order valence-electron chi connectivity index (χ4n) is 2.51. The Bertz CT molecular complexity index is 468. The molecule has 0 spiro atoms. The molecule has 2 rings (SSSR count). The number of hydrogen-bond acceptors (Lipinski definition) is 5.